The Balaban J connectivity index is 1.71. The fourth-order valence-corrected chi connectivity index (χ4v) is 4.95. The van der Waals surface area contributed by atoms with Crippen LogP contribution in [0.15, 0.2) is 78.9 Å². The molecule has 1 fully saturated rings. The van der Waals surface area contributed by atoms with Crippen LogP contribution in [-0.2, 0) is 37.1 Å². The molecule has 2 N–H and O–H groups in total. The van der Waals surface area contributed by atoms with E-state index in [0.29, 0.717) is 5.56 Å². The van der Waals surface area contributed by atoms with Gasteiger partial charge in [-0.05, 0) is 35.7 Å². The van der Waals surface area contributed by atoms with Gasteiger partial charge in [-0.2, -0.15) is 0 Å². The van der Waals surface area contributed by atoms with Crippen LogP contribution >= 0.6 is 0 Å². The first-order chi connectivity index (χ1) is 18.2. The van der Waals surface area contributed by atoms with Crippen LogP contribution in [0.4, 0.5) is 0 Å². The van der Waals surface area contributed by atoms with E-state index in [1.807, 2.05) is 24.3 Å². The van der Waals surface area contributed by atoms with Gasteiger partial charge in [-0.25, -0.2) is 0 Å². The van der Waals surface area contributed by atoms with Gasteiger partial charge in [0.05, 0.1) is 18.6 Å². The van der Waals surface area contributed by atoms with Crippen LogP contribution < -0.4 is 4.74 Å². The fourth-order valence-electron chi connectivity index (χ4n) is 4.95. The van der Waals surface area contributed by atoms with E-state index in [2.05, 4.69) is 0 Å². The van der Waals surface area contributed by atoms with Gasteiger partial charge >= 0.3 is 11.9 Å². The predicted molar refractivity (Wildman–Crippen MR) is 137 cm³/mol. The number of aromatic hydroxyl groups is 1. The third-order valence-electron chi connectivity index (χ3n) is 6.81. The van der Waals surface area contributed by atoms with Crippen LogP contribution in [0, 0.1) is 11.8 Å². The number of hydrogen-bond donors (Lipinski definition) is 2. The molecule has 0 radical (unpaired) electrons. The summed E-state index contributed by atoms with van der Waals surface area (Å²) in [6.07, 6.45) is -0.436. The first kappa shape index (κ1) is 26.9. The summed E-state index contributed by atoms with van der Waals surface area (Å²) in [4.78, 5) is 40.2. The number of carbonyl (C=O) groups excluding carboxylic acids is 3. The second-order valence-corrected chi connectivity index (χ2v) is 9.60. The zero-order valence-corrected chi connectivity index (χ0v) is 21.2. The molecular weight excluding hydrogens is 488 g/mol. The maximum absolute atomic E-state index is 13.5. The van der Waals surface area contributed by atoms with Crippen molar-refractivity contribution in [2.24, 2.45) is 11.8 Å². The minimum absolute atomic E-state index is 0.0467. The van der Waals surface area contributed by atoms with Gasteiger partial charge in [-0.3, -0.25) is 14.4 Å². The number of ether oxygens (including phenoxy) is 3. The molecule has 8 heteroatoms. The quantitative estimate of drug-likeness (QED) is 0.340. The Morgan fingerprint density at radius 2 is 1.45 bits per heavy atom. The second-order valence-electron chi connectivity index (χ2n) is 9.60. The Kier molecular flexibility index (Phi) is 8.12. The van der Waals surface area contributed by atoms with E-state index in [-0.39, 0.29) is 24.7 Å². The van der Waals surface area contributed by atoms with E-state index in [9.17, 15) is 24.6 Å². The first-order valence-electron chi connectivity index (χ1n) is 12.2. The lowest BCUT2D eigenvalue weighted by molar-refractivity contribution is -0.174. The molecule has 0 spiro atoms. The number of carbonyl (C=O) groups is 3. The second kappa shape index (κ2) is 11.5. The molecule has 198 valence electrons. The van der Waals surface area contributed by atoms with Gasteiger partial charge in [-0.1, -0.05) is 66.7 Å². The van der Waals surface area contributed by atoms with Gasteiger partial charge in [0, 0.05) is 12.3 Å². The molecule has 4 atom stereocenters. The van der Waals surface area contributed by atoms with Gasteiger partial charge in [0.2, 0.25) is 0 Å². The summed E-state index contributed by atoms with van der Waals surface area (Å²) < 4.78 is 16.3. The highest BCUT2D eigenvalue weighted by molar-refractivity contribution is 6.02. The molecule has 0 bridgehead atoms. The topological polar surface area (TPSA) is 119 Å². The Labute approximate surface area is 220 Å². The maximum atomic E-state index is 13.5. The molecule has 3 aromatic carbocycles. The Hall–Kier alpha value is -4.17. The number of aliphatic hydroxyl groups is 1. The largest absolute Gasteiger partial charge is 0.504 e. The number of phenolic OH excluding ortho intramolecular Hbond substituents is 1. The summed E-state index contributed by atoms with van der Waals surface area (Å²) in [6, 6.07) is 22.3. The van der Waals surface area contributed by atoms with Crippen molar-refractivity contribution in [3.05, 3.63) is 95.6 Å². The maximum Gasteiger partial charge on any atom is 0.317 e. The third kappa shape index (κ3) is 5.86. The van der Waals surface area contributed by atoms with E-state index in [0.717, 1.165) is 11.1 Å². The normalized spacial score (nSPS) is 22.9. The standard InChI is InChI=1S/C30H30O8/c1-30(35)16-23(32)26(28(33)37-17-19-9-5-3-6-10-19)25(21-13-14-22(31)24(15-21)36-2)27(30)29(34)38-18-20-11-7-4-8-12-20/h3-15,25-27,31,35H,16-18H2,1-2H3/t25-,26-,27-,30+/m1/s1. The molecule has 0 aromatic heterocycles. The monoisotopic (exact) mass is 518 g/mol. The summed E-state index contributed by atoms with van der Waals surface area (Å²) in [5, 5.41) is 21.5. The van der Waals surface area contributed by atoms with Gasteiger partial charge < -0.3 is 24.4 Å². The van der Waals surface area contributed by atoms with Crippen LogP contribution in [0.1, 0.15) is 36.0 Å². The summed E-state index contributed by atoms with van der Waals surface area (Å²) in [5.74, 6) is -6.00. The number of ketones is 1. The van der Waals surface area contributed by atoms with Crippen molar-refractivity contribution in [1.29, 1.82) is 0 Å². The average molecular weight is 519 g/mol. The number of benzene rings is 3. The highest BCUT2D eigenvalue weighted by atomic mass is 16.5. The molecule has 0 heterocycles. The lowest BCUT2D eigenvalue weighted by atomic mass is 9.61. The number of Topliss-reactive ketones (excluding diaryl/α,β-unsaturated/α-hetero) is 1. The van der Waals surface area contributed by atoms with Crippen molar-refractivity contribution in [1.82, 2.24) is 0 Å². The zero-order valence-electron chi connectivity index (χ0n) is 21.2. The van der Waals surface area contributed by atoms with Crippen molar-refractivity contribution < 1.29 is 38.8 Å². The van der Waals surface area contributed by atoms with Gasteiger partial charge in [0.15, 0.2) is 17.3 Å². The van der Waals surface area contributed by atoms with Gasteiger partial charge in [-0.15, -0.1) is 0 Å². The van der Waals surface area contributed by atoms with Crippen LogP contribution in [0.2, 0.25) is 0 Å². The number of rotatable bonds is 8. The molecule has 0 amide bonds. The van der Waals surface area contributed by atoms with Crippen LogP contribution in [0.5, 0.6) is 11.5 Å². The number of methoxy groups -OCH3 is 1. The van der Waals surface area contributed by atoms with Crippen molar-refractivity contribution in [2.75, 3.05) is 7.11 Å². The molecule has 0 aliphatic heterocycles. The van der Waals surface area contributed by atoms with Crippen molar-refractivity contribution in [3.63, 3.8) is 0 Å². The highest BCUT2D eigenvalue weighted by Crippen LogP contribution is 2.48. The van der Waals surface area contributed by atoms with E-state index >= 15 is 0 Å². The van der Waals surface area contributed by atoms with Crippen LogP contribution in [0.3, 0.4) is 0 Å². The predicted octanol–water partition coefficient (Wildman–Crippen LogP) is 3.93. The minimum Gasteiger partial charge on any atom is -0.504 e. The Morgan fingerprint density at radius 1 is 0.895 bits per heavy atom. The van der Waals surface area contributed by atoms with Crippen molar-refractivity contribution >= 4 is 17.7 Å². The molecular formula is C30H30O8. The van der Waals surface area contributed by atoms with Crippen molar-refractivity contribution in [2.45, 2.75) is 38.1 Å². The number of esters is 2. The van der Waals surface area contributed by atoms with Gasteiger partial charge in [0.25, 0.3) is 0 Å². The van der Waals surface area contributed by atoms with Gasteiger partial charge in [0.1, 0.15) is 19.1 Å². The van der Waals surface area contributed by atoms with E-state index in [1.54, 1.807) is 36.4 Å². The van der Waals surface area contributed by atoms with Crippen LogP contribution in [-0.4, -0.2) is 40.6 Å². The molecule has 4 rings (SSSR count). The Bertz CT molecular complexity index is 1290. The molecule has 0 saturated heterocycles. The third-order valence-corrected chi connectivity index (χ3v) is 6.81. The Morgan fingerprint density at radius 3 is 2.00 bits per heavy atom. The van der Waals surface area contributed by atoms with E-state index < -0.39 is 47.5 Å². The molecule has 1 aliphatic rings. The molecule has 1 aliphatic carbocycles. The average Bonchev–Trinajstić information content (AvgIpc) is 2.91. The summed E-state index contributed by atoms with van der Waals surface area (Å²) >= 11 is 0. The molecule has 0 unspecified atom stereocenters. The summed E-state index contributed by atoms with van der Waals surface area (Å²) in [5.41, 5.74) is 0.0137. The minimum atomic E-state index is -1.81. The van der Waals surface area contributed by atoms with Crippen molar-refractivity contribution in [3.8, 4) is 11.5 Å². The zero-order chi connectivity index (χ0) is 27.3. The first-order valence-corrected chi connectivity index (χ1v) is 12.2. The number of phenols is 1. The van der Waals surface area contributed by atoms with E-state index in [4.69, 9.17) is 14.2 Å². The summed E-state index contributed by atoms with van der Waals surface area (Å²) in [6.45, 7) is 1.28. The lowest BCUT2D eigenvalue weighted by Gasteiger charge is -2.43. The molecule has 1 saturated carbocycles. The van der Waals surface area contributed by atoms with Crippen LogP contribution in [0.25, 0.3) is 0 Å². The summed E-state index contributed by atoms with van der Waals surface area (Å²) in [7, 11) is 1.36. The lowest BCUT2D eigenvalue weighted by Crippen LogP contribution is -2.55. The fraction of sp³-hybridized carbons (Fsp3) is 0.300. The molecule has 8 nitrogen and oxygen atoms in total. The molecule has 3 aromatic rings. The molecule has 38 heavy (non-hydrogen) atoms. The SMILES string of the molecule is COc1cc([C@@H]2[C@H](C(=O)OCc3ccccc3)C(=O)C[C@](C)(O)[C@H]2C(=O)OCc2ccccc2)ccc1O. The number of hydrogen-bond acceptors (Lipinski definition) is 8. The smallest absolute Gasteiger partial charge is 0.317 e. The van der Waals surface area contributed by atoms with E-state index in [1.165, 1.54) is 32.2 Å². The highest BCUT2D eigenvalue weighted by Gasteiger charge is 2.57.